The van der Waals surface area contributed by atoms with Gasteiger partial charge in [-0.05, 0) is 42.3 Å². The molecule has 0 aliphatic carbocycles. The van der Waals surface area contributed by atoms with E-state index >= 15 is 0 Å². The smallest absolute Gasteiger partial charge is 0.319 e. The molecular formula is C19H14F3N3O2. The van der Waals surface area contributed by atoms with Crippen LogP contribution in [0.2, 0.25) is 0 Å². The van der Waals surface area contributed by atoms with Gasteiger partial charge in [-0.15, -0.1) is 0 Å². The van der Waals surface area contributed by atoms with E-state index in [1.807, 2.05) is 6.07 Å². The molecule has 1 saturated heterocycles. The molecule has 1 heterocycles. The highest BCUT2D eigenvalue weighted by molar-refractivity contribution is 6.07. The Kier molecular flexibility index (Phi) is 4.39. The van der Waals surface area contributed by atoms with Gasteiger partial charge in [0.25, 0.3) is 5.91 Å². The maximum Gasteiger partial charge on any atom is 0.416 e. The van der Waals surface area contributed by atoms with Crippen molar-refractivity contribution >= 4 is 11.9 Å². The van der Waals surface area contributed by atoms with E-state index in [1.165, 1.54) is 31.2 Å². The van der Waals surface area contributed by atoms with Crippen molar-refractivity contribution in [3.63, 3.8) is 0 Å². The molecule has 2 aromatic rings. The van der Waals surface area contributed by atoms with Crippen LogP contribution in [0.25, 0.3) is 0 Å². The summed E-state index contributed by atoms with van der Waals surface area (Å²) in [7, 11) is 0. The Labute approximate surface area is 153 Å². The van der Waals surface area contributed by atoms with Crippen LogP contribution in [0, 0.1) is 11.3 Å². The second kappa shape index (κ2) is 6.43. The van der Waals surface area contributed by atoms with Gasteiger partial charge >= 0.3 is 12.2 Å². The Balaban J connectivity index is 1.87. The topological polar surface area (TPSA) is 73.2 Å². The van der Waals surface area contributed by atoms with Gasteiger partial charge in [0.05, 0.1) is 23.7 Å². The number of hydrogen-bond donors (Lipinski definition) is 1. The molecule has 3 rings (SSSR count). The lowest BCUT2D eigenvalue weighted by Gasteiger charge is -2.22. The second-order valence-corrected chi connectivity index (χ2v) is 6.33. The lowest BCUT2D eigenvalue weighted by molar-refractivity contribution is -0.137. The number of imide groups is 1. The van der Waals surface area contributed by atoms with Gasteiger partial charge in [-0.1, -0.05) is 24.3 Å². The zero-order valence-corrected chi connectivity index (χ0v) is 14.2. The molecular weight excluding hydrogens is 359 g/mol. The minimum Gasteiger partial charge on any atom is -0.319 e. The van der Waals surface area contributed by atoms with Crippen molar-refractivity contribution < 1.29 is 22.8 Å². The molecule has 0 radical (unpaired) electrons. The van der Waals surface area contributed by atoms with Crippen molar-refractivity contribution in [2.24, 2.45) is 0 Å². The summed E-state index contributed by atoms with van der Waals surface area (Å²) in [6.07, 6.45) is -4.51. The fourth-order valence-corrected chi connectivity index (χ4v) is 2.94. The number of hydrogen-bond acceptors (Lipinski definition) is 3. The zero-order valence-electron chi connectivity index (χ0n) is 14.2. The van der Waals surface area contributed by atoms with E-state index in [0.29, 0.717) is 11.1 Å². The summed E-state index contributed by atoms with van der Waals surface area (Å²) in [4.78, 5) is 26.0. The fraction of sp³-hybridized carbons (Fsp3) is 0.211. The summed E-state index contributed by atoms with van der Waals surface area (Å²) in [5.41, 5.74) is -1.13. The molecule has 2 aromatic carbocycles. The van der Waals surface area contributed by atoms with Gasteiger partial charge in [0.1, 0.15) is 5.54 Å². The van der Waals surface area contributed by atoms with Crippen LogP contribution in [0.4, 0.5) is 18.0 Å². The van der Waals surface area contributed by atoms with Crippen LogP contribution in [0.15, 0.2) is 48.5 Å². The van der Waals surface area contributed by atoms with Crippen LogP contribution in [0.1, 0.15) is 29.2 Å². The average Bonchev–Trinajstić information content (AvgIpc) is 2.85. The summed E-state index contributed by atoms with van der Waals surface area (Å²) in [5, 5.41) is 11.4. The summed E-state index contributed by atoms with van der Waals surface area (Å²) in [6.45, 7) is 1.24. The number of urea groups is 1. The third-order valence-corrected chi connectivity index (χ3v) is 4.46. The maximum absolute atomic E-state index is 12.9. The van der Waals surface area contributed by atoms with Crippen molar-refractivity contribution in [3.05, 3.63) is 70.8 Å². The Bertz CT molecular complexity index is 948. The molecule has 3 amide bonds. The molecule has 1 aliphatic heterocycles. The number of carbonyl (C=O) groups excluding carboxylic acids is 2. The van der Waals surface area contributed by atoms with Crippen LogP contribution in [-0.4, -0.2) is 16.8 Å². The van der Waals surface area contributed by atoms with Crippen LogP contribution >= 0.6 is 0 Å². The molecule has 1 aliphatic rings. The highest BCUT2D eigenvalue weighted by atomic mass is 19.4. The third kappa shape index (κ3) is 3.36. The van der Waals surface area contributed by atoms with Crippen molar-refractivity contribution in [1.82, 2.24) is 10.2 Å². The SMILES string of the molecule is CC1(c2ccc(C#N)cc2)NC(=O)N(Cc2cccc(C(F)(F)F)c2)C1=O. The van der Waals surface area contributed by atoms with Gasteiger partial charge in [0.15, 0.2) is 0 Å². The molecule has 0 bridgehead atoms. The molecule has 27 heavy (non-hydrogen) atoms. The average molecular weight is 373 g/mol. The predicted molar refractivity (Wildman–Crippen MR) is 89.0 cm³/mol. The highest BCUT2D eigenvalue weighted by Gasteiger charge is 2.48. The first-order chi connectivity index (χ1) is 12.6. The number of nitrogens with one attached hydrogen (secondary N) is 1. The predicted octanol–water partition coefficient (Wildman–Crippen LogP) is 3.54. The zero-order chi connectivity index (χ0) is 19.8. The van der Waals surface area contributed by atoms with E-state index in [-0.39, 0.29) is 12.1 Å². The number of rotatable bonds is 3. The Morgan fingerprint density at radius 1 is 1.15 bits per heavy atom. The number of benzene rings is 2. The lowest BCUT2D eigenvalue weighted by atomic mass is 9.91. The van der Waals surface area contributed by atoms with Crippen molar-refractivity contribution in [1.29, 1.82) is 5.26 Å². The monoisotopic (exact) mass is 373 g/mol. The van der Waals surface area contributed by atoms with Crippen LogP contribution in [0.5, 0.6) is 0 Å². The van der Waals surface area contributed by atoms with Gasteiger partial charge in [-0.3, -0.25) is 9.69 Å². The van der Waals surface area contributed by atoms with Gasteiger partial charge in [0.2, 0.25) is 0 Å². The number of amides is 3. The molecule has 0 spiro atoms. The van der Waals surface area contributed by atoms with E-state index in [2.05, 4.69) is 5.32 Å². The van der Waals surface area contributed by atoms with Gasteiger partial charge in [-0.25, -0.2) is 4.79 Å². The van der Waals surface area contributed by atoms with Gasteiger partial charge in [-0.2, -0.15) is 18.4 Å². The largest absolute Gasteiger partial charge is 0.416 e. The molecule has 0 aromatic heterocycles. The first-order valence-electron chi connectivity index (χ1n) is 7.96. The molecule has 5 nitrogen and oxygen atoms in total. The van der Waals surface area contributed by atoms with E-state index < -0.39 is 29.2 Å². The Hall–Kier alpha value is -3.34. The normalized spacial score (nSPS) is 19.7. The molecule has 1 fully saturated rings. The lowest BCUT2D eigenvalue weighted by Crippen LogP contribution is -2.40. The highest BCUT2D eigenvalue weighted by Crippen LogP contribution is 2.32. The number of nitriles is 1. The van der Waals surface area contributed by atoms with Crippen molar-refractivity contribution in [3.8, 4) is 6.07 Å². The summed E-state index contributed by atoms with van der Waals surface area (Å²) in [5.74, 6) is -0.574. The maximum atomic E-state index is 12.9. The van der Waals surface area contributed by atoms with Crippen molar-refractivity contribution in [2.75, 3.05) is 0 Å². The standard InChI is InChI=1S/C19H14F3N3O2/c1-18(14-7-5-12(10-23)6-8-14)16(26)25(17(27)24-18)11-13-3-2-4-15(9-13)19(20,21)22/h2-9H,11H2,1H3,(H,24,27). The van der Waals surface area contributed by atoms with E-state index in [1.54, 1.807) is 12.1 Å². The van der Waals surface area contributed by atoms with E-state index in [0.717, 1.165) is 17.0 Å². The third-order valence-electron chi connectivity index (χ3n) is 4.46. The summed E-state index contributed by atoms with van der Waals surface area (Å²) in [6, 6.07) is 11.9. The molecule has 1 atom stereocenters. The van der Waals surface area contributed by atoms with E-state index in [4.69, 9.17) is 5.26 Å². The minimum atomic E-state index is -4.51. The molecule has 1 N–H and O–H groups in total. The summed E-state index contributed by atoms with van der Waals surface area (Å²) < 4.78 is 38.6. The molecule has 138 valence electrons. The van der Waals surface area contributed by atoms with E-state index in [9.17, 15) is 22.8 Å². The first-order valence-corrected chi connectivity index (χ1v) is 7.96. The van der Waals surface area contributed by atoms with Crippen LogP contribution in [-0.2, 0) is 23.1 Å². The first kappa shape index (κ1) is 18.5. The van der Waals surface area contributed by atoms with Crippen LogP contribution in [0.3, 0.4) is 0 Å². The van der Waals surface area contributed by atoms with Crippen LogP contribution < -0.4 is 5.32 Å². The Morgan fingerprint density at radius 3 is 2.41 bits per heavy atom. The summed E-state index contributed by atoms with van der Waals surface area (Å²) >= 11 is 0. The fourth-order valence-electron chi connectivity index (χ4n) is 2.94. The molecule has 0 saturated carbocycles. The Morgan fingerprint density at radius 2 is 1.81 bits per heavy atom. The van der Waals surface area contributed by atoms with Gasteiger partial charge in [0, 0.05) is 0 Å². The van der Waals surface area contributed by atoms with Gasteiger partial charge < -0.3 is 5.32 Å². The number of carbonyl (C=O) groups is 2. The minimum absolute atomic E-state index is 0.192. The van der Waals surface area contributed by atoms with Crippen molar-refractivity contribution in [2.45, 2.75) is 25.2 Å². The molecule has 8 heteroatoms. The quantitative estimate of drug-likeness (QED) is 0.837. The number of nitrogens with zero attached hydrogens (tertiary/aromatic N) is 2. The molecule has 1 unspecified atom stereocenters. The number of alkyl halides is 3. The second-order valence-electron chi connectivity index (χ2n) is 6.33. The number of halogens is 3.